The van der Waals surface area contributed by atoms with E-state index >= 15 is 0 Å². The van der Waals surface area contributed by atoms with Crippen molar-refractivity contribution in [3.05, 3.63) is 34.9 Å². The summed E-state index contributed by atoms with van der Waals surface area (Å²) in [6, 6.07) is 6.96. The second kappa shape index (κ2) is 6.06. The van der Waals surface area contributed by atoms with Crippen LogP contribution in [0.25, 0.3) is 0 Å². The molecule has 0 atom stereocenters. The van der Waals surface area contributed by atoms with Gasteiger partial charge in [0.2, 0.25) is 0 Å². The lowest BCUT2D eigenvalue weighted by atomic mass is 9.83. The normalized spacial score (nSPS) is 17.7. The zero-order chi connectivity index (χ0) is 13.9. The number of benzene rings is 1. The fraction of sp³-hybridized carbons (Fsp3) is 0.647. The van der Waals surface area contributed by atoms with Crippen molar-refractivity contribution in [2.45, 2.75) is 52.0 Å². The SMILES string of the molecule is Cc1cc(CN2CCCCC2)cc(C(C)(C)CN)c1. The van der Waals surface area contributed by atoms with E-state index < -0.39 is 0 Å². The first-order valence-electron chi connectivity index (χ1n) is 7.55. The molecule has 106 valence electrons. The Kier molecular flexibility index (Phi) is 4.64. The molecular formula is C17H28N2. The van der Waals surface area contributed by atoms with Gasteiger partial charge in [0.05, 0.1) is 0 Å². The van der Waals surface area contributed by atoms with Crippen LogP contribution >= 0.6 is 0 Å². The largest absolute Gasteiger partial charge is 0.330 e. The van der Waals surface area contributed by atoms with E-state index in [9.17, 15) is 0 Å². The maximum atomic E-state index is 5.91. The van der Waals surface area contributed by atoms with Gasteiger partial charge in [-0.1, -0.05) is 44.0 Å². The molecule has 1 saturated heterocycles. The molecule has 0 spiro atoms. The maximum Gasteiger partial charge on any atom is 0.0233 e. The number of piperidine rings is 1. The van der Waals surface area contributed by atoms with Gasteiger partial charge in [-0.05, 0) is 44.0 Å². The molecule has 0 radical (unpaired) electrons. The van der Waals surface area contributed by atoms with Crippen LogP contribution in [0.1, 0.15) is 49.8 Å². The number of hydrogen-bond donors (Lipinski definition) is 1. The standard InChI is InChI=1S/C17H28N2/c1-14-9-15(12-19-7-5-4-6-8-19)11-16(10-14)17(2,3)13-18/h9-11H,4-8,12-13,18H2,1-3H3. The first kappa shape index (κ1) is 14.5. The zero-order valence-corrected chi connectivity index (χ0v) is 12.7. The van der Waals surface area contributed by atoms with Gasteiger partial charge in [0.15, 0.2) is 0 Å². The second-order valence-electron chi connectivity index (χ2n) is 6.63. The first-order valence-corrected chi connectivity index (χ1v) is 7.55. The Morgan fingerprint density at radius 2 is 1.79 bits per heavy atom. The fourth-order valence-corrected chi connectivity index (χ4v) is 2.84. The summed E-state index contributed by atoms with van der Waals surface area (Å²) in [5.41, 5.74) is 10.2. The molecule has 1 aliphatic rings. The van der Waals surface area contributed by atoms with Crippen molar-refractivity contribution in [3.8, 4) is 0 Å². The van der Waals surface area contributed by atoms with Crippen molar-refractivity contribution < 1.29 is 0 Å². The lowest BCUT2D eigenvalue weighted by molar-refractivity contribution is 0.221. The van der Waals surface area contributed by atoms with Gasteiger partial charge in [0.1, 0.15) is 0 Å². The van der Waals surface area contributed by atoms with E-state index in [1.165, 1.54) is 49.0 Å². The van der Waals surface area contributed by atoms with Gasteiger partial charge in [-0.25, -0.2) is 0 Å². The van der Waals surface area contributed by atoms with E-state index in [2.05, 4.69) is 43.9 Å². The average Bonchev–Trinajstić information content (AvgIpc) is 2.39. The van der Waals surface area contributed by atoms with Crippen LogP contribution in [-0.4, -0.2) is 24.5 Å². The molecule has 1 aliphatic heterocycles. The summed E-state index contributed by atoms with van der Waals surface area (Å²) in [6.07, 6.45) is 4.11. The summed E-state index contributed by atoms with van der Waals surface area (Å²) >= 11 is 0. The number of likely N-dealkylation sites (tertiary alicyclic amines) is 1. The van der Waals surface area contributed by atoms with Crippen molar-refractivity contribution in [2.24, 2.45) is 5.73 Å². The highest BCUT2D eigenvalue weighted by Crippen LogP contribution is 2.25. The lowest BCUT2D eigenvalue weighted by Crippen LogP contribution is -2.30. The minimum absolute atomic E-state index is 0.0721. The Labute approximate surface area is 118 Å². The maximum absolute atomic E-state index is 5.91. The topological polar surface area (TPSA) is 29.3 Å². The van der Waals surface area contributed by atoms with Crippen LogP contribution in [0.2, 0.25) is 0 Å². The van der Waals surface area contributed by atoms with Crippen LogP contribution in [0.15, 0.2) is 18.2 Å². The summed E-state index contributed by atoms with van der Waals surface area (Å²) in [7, 11) is 0. The van der Waals surface area contributed by atoms with Crippen LogP contribution < -0.4 is 5.73 Å². The zero-order valence-electron chi connectivity index (χ0n) is 12.7. The minimum Gasteiger partial charge on any atom is -0.330 e. The molecule has 0 bridgehead atoms. The molecule has 0 saturated carbocycles. The van der Waals surface area contributed by atoms with E-state index in [-0.39, 0.29) is 5.41 Å². The highest BCUT2D eigenvalue weighted by molar-refractivity contribution is 5.34. The predicted molar refractivity (Wildman–Crippen MR) is 82.4 cm³/mol. The summed E-state index contributed by atoms with van der Waals surface area (Å²) in [5.74, 6) is 0. The smallest absolute Gasteiger partial charge is 0.0233 e. The summed E-state index contributed by atoms with van der Waals surface area (Å²) < 4.78 is 0. The Morgan fingerprint density at radius 3 is 2.42 bits per heavy atom. The second-order valence-corrected chi connectivity index (χ2v) is 6.63. The molecule has 0 aromatic heterocycles. The van der Waals surface area contributed by atoms with Gasteiger partial charge in [-0.3, -0.25) is 4.90 Å². The van der Waals surface area contributed by atoms with Gasteiger partial charge in [0.25, 0.3) is 0 Å². The number of hydrogen-bond acceptors (Lipinski definition) is 2. The molecule has 2 nitrogen and oxygen atoms in total. The Hall–Kier alpha value is -0.860. The van der Waals surface area contributed by atoms with Crippen LogP contribution in [0, 0.1) is 6.92 Å². The summed E-state index contributed by atoms with van der Waals surface area (Å²) in [5, 5.41) is 0. The lowest BCUT2D eigenvalue weighted by Gasteiger charge is -2.28. The van der Waals surface area contributed by atoms with Crippen molar-refractivity contribution in [3.63, 3.8) is 0 Å². The Balaban J connectivity index is 2.16. The van der Waals surface area contributed by atoms with Crippen LogP contribution in [-0.2, 0) is 12.0 Å². The summed E-state index contributed by atoms with van der Waals surface area (Å²) in [6.45, 7) is 10.9. The van der Waals surface area contributed by atoms with Crippen LogP contribution in [0.3, 0.4) is 0 Å². The molecule has 2 rings (SSSR count). The molecule has 1 heterocycles. The van der Waals surface area contributed by atoms with Crippen LogP contribution in [0.4, 0.5) is 0 Å². The van der Waals surface area contributed by atoms with Crippen molar-refractivity contribution in [1.82, 2.24) is 4.90 Å². The van der Waals surface area contributed by atoms with Gasteiger partial charge in [0, 0.05) is 18.5 Å². The molecule has 0 amide bonds. The monoisotopic (exact) mass is 260 g/mol. The van der Waals surface area contributed by atoms with Gasteiger partial charge < -0.3 is 5.73 Å². The van der Waals surface area contributed by atoms with Crippen molar-refractivity contribution >= 4 is 0 Å². The van der Waals surface area contributed by atoms with Crippen molar-refractivity contribution in [1.29, 1.82) is 0 Å². The minimum atomic E-state index is 0.0721. The van der Waals surface area contributed by atoms with Crippen LogP contribution in [0.5, 0.6) is 0 Å². The molecule has 1 fully saturated rings. The van der Waals surface area contributed by atoms with Gasteiger partial charge >= 0.3 is 0 Å². The molecule has 1 aromatic carbocycles. The number of nitrogens with two attached hydrogens (primary N) is 1. The van der Waals surface area contributed by atoms with E-state index in [0.29, 0.717) is 6.54 Å². The number of aryl methyl sites for hydroxylation is 1. The summed E-state index contributed by atoms with van der Waals surface area (Å²) in [4.78, 5) is 2.58. The highest BCUT2D eigenvalue weighted by Gasteiger charge is 2.20. The third-order valence-electron chi connectivity index (χ3n) is 4.28. The first-order chi connectivity index (χ1) is 9.01. The van der Waals surface area contributed by atoms with Gasteiger partial charge in [-0.15, -0.1) is 0 Å². The van der Waals surface area contributed by atoms with E-state index in [1.807, 2.05) is 0 Å². The molecule has 2 heteroatoms. The van der Waals surface area contributed by atoms with E-state index in [0.717, 1.165) is 6.54 Å². The fourth-order valence-electron chi connectivity index (χ4n) is 2.84. The third kappa shape index (κ3) is 3.80. The molecule has 19 heavy (non-hydrogen) atoms. The highest BCUT2D eigenvalue weighted by atomic mass is 15.1. The molecule has 0 unspecified atom stereocenters. The Bertz CT molecular complexity index is 417. The molecule has 1 aromatic rings. The van der Waals surface area contributed by atoms with Crippen molar-refractivity contribution in [2.75, 3.05) is 19.6 Å². The number of nitrogens with zero attached hydrogens (tertiary/aromatic N) is 1. The quantitative estimate of drug-likeness (QED) is 0.900. The van der Waals surface area contributed by atoms with E-state index in [4.69, 9.17) is 5.73 Å². The Morgan fingerprint density at radius 1 is 1.11 bits per heavy atom. The third-order valence-corrected chi connectivity index (χ3v) is 4.28. The average molecular weight is 260 g/mol. The molecule has 0 aliphatic carbocycles. The van der Waals surface area contributed by atoms with E-state index in [1.54, 1.807) is 0 Å². The predicted octanol–water partition coefficient (Wildman–Crippen LogP) is 3.22. The molecular weight excluding hydrogens is 232 g/mol. The van der Waals surface area contributed by atoms with Gasteiger partial charge in [-0.2, -0.15) is 0 Å². The number of rotatable bonds is 4. The molecule has 2 N–H and O–H groups in total.